The lowest BCUT2D eigenvalue weighted by atomic mass is 10.00. The van der Waals surface area contributed by atoms with Gasteiger partial charge in [-0.15, -0.1) is 11.3 Å². The molecule has 1 saturated carbocycles. The van der Waals surface area contributed by atoms with Gasteiger partial charge in [0, 0.05) is 23.7 Å². The average Bonchev–Trinajstić information content (AvgIpc) is 3.07. The first kappa shape index (κ1) is 13.1. The first-order valence-electron chi connectivity index (χ1n) is 7.32. The lowest BCUT2D eigenvalue weighted by Crippen LogP contribution is -2.32. The van der Waals surface area contributed by atoms with Crippen molar-refractivity contribution < 1.29 is 0 Å². The third-order valence-corrected chi connectivity index (χ3v) is 5.47. The molecular weight excluding hydrogens is 254 g/mol. The third-order valence-electron chi connectivity index (χ3n) is 4.53. The van der Waals surface area contributed by atoms with E-state index in [1.165, 1.54) is 42.8 Å². The Morgan fingerprint density at radius 2 is 2.16 bits per heavy atom. The molecular formula is C15H23N3S. The van der Waals surface area contributed by atoms with Crippen LogP contribution < -0.4 is 5.32 Å². The molecule has 1 aliphatic rings. The predicted octanol–water partition coefficient (Wildman–Crippen LogP) is 3.68. The fraction of sp³-hybridized carbons (Fsp3) is 0.667. The van der Waals surface area contributed by atoms with E-state index in [9.17, 15) is 0 Å². The zero-order valence-electron chi connectivity index (χ0n) is 12.1. The van der Waals surface area contributed by atoms with Gasteiger partial charge in [0.25, 0.3) is 0 Å². The minimum absolute atomic E-state index is 0.617. The molecule has 0 aliphatic heterocycles. The molecule has 0 saturated heterocycles. The molecule has 3 nitrogen and oxygen atoms in total. The zero-order chi connectivity index (χ0) is 13.4. The van der Waals surface area contributed by atoms with Crippen LogP contribution in [-0.4, -0.2) is 15.4 Å². The van der Waals surface area contributed by atoms with Gasteiger partial charge in [0.1, 0.15) is 0 Å². The van der Waals surface area contributed by atoms with E-state index in [0.717, 1.165) is 17.4 Å². The maximum Gasteiger partial charge on any atom is 0.194 e. The summed E-state index contributed by atoms with van der Waals surface area (Å²) in [6.07, 6.45) is 5.62. The highest BCUT2D eigenvalue weighted by Crippen LogP contribution is 2.28. The lowest BCUT2D eigenvalue weighted by molar-refractivity contribution is 0.378. The fourth-order valence-electron chi connectivity index (χ4n) is 3.26. The maximum atomic E-state index is 4.65. The molecule has 2 aromatic rings. The average molecular weight is 277 g/mol. The van der Waals surface area contributed by atoms with Gasteiger partial charge in [-0.2, -0.15) is 0 Å². The molecule has 1 atom stereocenters. The SMILES string of the molecule is Cc1nc2scc(C)n2c1CN[C@@H](C)C1CCCC1. The number of hydrogen-bond acceptors (Lipinski definition) is 3. The molecule has 0 aromatic carbocycles. The Kier molecular flexibility index (Phi) is 3.63. The highest BCUT2D eigenvalue weighted by Gasteiger charge is 2.21. The van der Waals surface area contributed by atoms with Gasteiger partial charge in [0.15, 0.2) is 4.96 Å². The second-order valence-electron chi connectivity index (χ2n) is 5.85. The smallest absolute Gasteiger partial charge is 0.194 e. The quantitative estimate of drug-likeness (QED) is 0.923. The van der Waals surface area contributed by atoms with Gasteiger partial charge in [0.05, 0.1) is 11.4 Å². The largest absolute Gasteiger partial charge is 0.308 e. The Labute approximate surface area is 119 Å². The van der Waals surface area contributed by atoms with Gasteiger partial charge in [-0.3, -0.25) is 4.40 Å². The Morgan fingerprint density at radius 3 is 2.89 bits per heavy atom. The number of rotatable bonds is 4. The van der Waals surface area contributed by atoms with Gasteiger partial charge < -0.3 is 5.32 Å². The Morgan fingerprint density at radius 1 is 1.42 bits per heavy atom. The van der Waals surface area contributed by atoms with E-state index in [-0.39, 0.29) is 0 Å². The molecule has 3 rings (SSSR count). The number of nitrogens with zero attached hydrogens (tertiary/aromatic N) is 2. The van der Waals surface area contributed by atoms with Crippen molar-refractivity contribution in [1.29, 1.82) is 0 Å². The van der Waals surface area contributed by atoms with Crippen LogP contribution in [0.15, 0.2) is 5.38 Å². The number of hydrogen-bond donors (Lipinski definition) is 1. The summed E-state index contributed by atoms with van der Waals surface area (Å²) in [6, 6.07) is 0.617. The molecule has 0 amide bonds. The van der Waals surface area contributed by atoms with Gasteiger partial charge in [0.2, 0.25) is 0 Å². The normalized spacial score (nSPS) is 18.5. The van der Waals surface area contributed by atoms with Crippen LogP contribution in [0.3, 0.4) is 0 Å². The number of imidazole rings is 1. The molecule has 1 aliphatic carbocycles. The van der Waals surface area contributed by atoms with Crippen LogP contribution in [0, 0.1) is 19.8 Å². The van der Waals surface area contributed by atoms with Crippen LogP contribution in [0.25, 0.3) is 4.96 Å². The molecule has 1 fully saturated rings. The van der Waals surface area contributed by atoms with E-state index in [1.807, 2.05) is 0 Å². The summed E-state index contributed by atoms with van der Waals surface area (Å²) in [5.74, 6) is 0.868. The molecule has 2 heterocycles. The molecule has 0 unspecified atom stereocenters. The van der Waals surface area contributed by atoms with E-state index in [1.54, 1.807) is 11.3 Å². The van der Waals surface area contributed by atoms with Crippen LogP contribution in [0.2, 0.25) is 0 Å². The number of fused-ring (bicyclic) bond motifs is 1. The van der Waals surface area contributed by atoms with Gasteiger partial charge in [-0.1, -0.05) is 12.8 Å². The van der Waals surface area contributed by atoms with Crippen molar-refractivity contribution in [3.05, 3.63) is 22.5 Å². The van der Waals surface area contributed by atoms with E-state index < -0.39 is 0 Å². The standard InChI is InChI=1S/C15H23N3S/c1-10-9-19-15-17-12(3)14(18(10)15)8-16-11(2)13-6-4-5-7-13/h9,11,13,16H,4-8H2,1-3H3/t11-/m0/s1. The number of aryl methyl sites for hydroxylation is 2. The second-order valence-corrected chi connectivity index (χ2v) is 6.69. The van der Waals surface area contributed by atoms with E-state index in [2.05, 4.69) is 40.9 Å². The van der Waals surface area contributed by atoms with E-state index >= 15 is 0 Å². The van der Waals surface area contributed by atoms with E-state index in [4.69, 9.17) is 0 Å². The number of aromatic nitrogens is 2. The molecule has 19 heavy (non-hydrogen) atoms. The van der Waals surface area contributed by atoms with Crippen molar-refractivity contribution in [2.45, 2.75) is 59.0 Å². The molecule has 0 radical (unpaired) electrons. The Hall–Kier alpha value is -0.870. The van der Waals surface area contributed by atoms with Crippen molar-refractivity contribution in [3.8, 4) is 0 Å². The molecule has 104 valence electrons. The van der Waals surface area contributed by atoms with E-state index in [0.29, 0.717) is 6.04 Å². The van der Waals surface area contributed by atoms with Crippen LogP contribution in [0.5, 0.6) is 0 Å². The van der Waals surface area contributed by atoms with Crippen molar-refractivity contribution in [2.24, 2.45) is 5.92 Å². The van der Waals surface area contributed by atoms with Crippen molar-refractivity contribution in [2.75, 3.05) is 0 Å². The second kappa shape index (κ2) is 5.25. The first-order valence-corrected chi connectivity index (χ1v) is 8.20. The first-order chi connectivity index (χ1) is 9.16. The van der Waals surface area contributed by atoms with Crippen LogP contribution >= 0.6 is 11.3 Å². The van der Waals surface area contributed by atoms with Gasteiger partial charge in [-0.05, 0) is 39.5 Å². The number of nitrogens with one attached hydrogen (secondary N) is 1. The third kappa shape index (κ3) is 2.43. The lowest BCUT2D eigenvalue weighted by Gasteiger charge is -2.20. The molecule has 1 N–H and O–H groups in total. The molecule has 0 bridgehead atoms. The molecule has 0 spiro atoms. The molecule has 2 aromatic heterocycles. The highest BCUT2D eigenvalue weighted by molar-refractivity contribution is 7.15. The Bertz CT molecular complexity index is 563. The summed E-state index contributed by atoms with van der Waals surface area (Å²) in [5, 5.41) is 5.91. The number of thiazole rings is 1. The topological polar surface area (TPSA) is 29.3 Å². The fourth-order valence-corrected chi connectivity index (χ4v) is 4.19. The molecule has 4 heteroatoms. The van der Waals surface area contributed by atoms with Crippen molar-refractivity contribution in [1.82, 2.24) is 14.7 Å². The van der Waals surface area contributed by atoms with Crippen molar-refractivity contribution in [3.63, 3.8) is 0 Å². The monoisotopic (exact) mass is 277 g/mol. The predicted molar refractivity (Wildman–Crippen MR) is 80.8 cm³/mol. The zero-order valence-corrected chi connectivity index (χ0v) is 12.9. The minimum atomic E-state index is 0.617. The summed E-state index contributed by atoms with van der Waals surface area (Å²) >= 11 is 1.73. The summed E-state index contributed by atoms with van der Waals surface area (Å²) in [4.78, 5) is 5.78. The van der Waals surface area contributed by atoms with Gasteiger partial charge >= 0.3 is 0 Å². The van der Waals surface area contributed by atoms with Crippen LogP contribution in [-0.2, 0) is 6.54 Å². The van der Waals surface area contributed by atoms with Crippen LogP contribution in [0.4, 0.5) is 0 Å². The maximum absolute atomic E-state index is 4.65. The van der Waals surface area contributed by atoms with Crippen molar-refractivity contribution >= 4 is 16.3 Å². The minimum Gasteiger partial charge on any atom is -0.308 e. The summed E-state index contributed by atoms with van der Waals surface area (Å²) in [6.45, 7) is 7.55. The highest BCUT2D eigenvalue weighted by atomic mass is 32.1. The Balaban J connectivity index is 1.74. The van der Waals surface area contributed by atoms with Gasteiger partial charge in [-0.25, -0.2) is 4.98 Å². The summed E-state index contributed by atoms with van der Waals surface area (Å²) in [5.41, 5.74) is 3.80. The van der Waals surface area contributed by atoms with Crippen LogP contribution in [0.1, 0.15) is 49.7 Å². The summed E-state index contributed by atoms with van der Waals surface area (Å²) < 4.78 is 2.30. The summed E-state index contributed by atoms with van der Waals surface area (Å²) in [7, 11) is 0.